The lowest BCUT2D eigenvalue weighted by Crippen LogP contribution is -2.26. The fourth-order valence-electron chi connectivity index (χ4n) is 2.12. The van der Waals surface area contributed by atoms with Crippen LogP contribution in [0.2, 0.25) is 5.02 Å². The van der Waals surface area contributed by atoms with Gasteiger partial charge in [0.2, 0.25) is 0 Å². The van der Waals surface area contributed by atoms with Crippen LogP contribution in [-0.2, 0) is 17.7 Å². The molecule has 4 nitrogen and oxygen atoms in total. The van der Waals surface area contributed by atoms with Crippen LogP contribution >= 0.6 is 11.6 Å². The number of nitrogens with zero attached hydrogens (tertiary/aromatic N) is 2. The molecule has 0 amide bonds. The van der Waals surface area contributed by atoms with E-state index in [-0.39, 0.29) is 12.0 Å². The fourth-order valence-corrected chi connectivity index (χ4v) is 2.25. The summed E-state index contributed by atoms with van der Waals surface area (Å²) in [4.78, 5) is 12.5. The summed E-state index contributed by atoms with van der Waals surface area (Å²) in [7, 11) is 1.59. The molecule has 1 aromatic carbocycles. The van der Waals surface area contributed by atoms with Crippen molar-refractivity contribution in [3.8, 4) is 17.3 Å². The number of benzene rings is 1. The predicted octanol–water partition coefficient (Wildman–Crippen LogP) is 2.88. The van der Waals surface area contributed by atoms with Crippen LogP contribution < -0.4 is 5.56 Å². The number of rotatable bonds is 5. The third-order valence-corrected chi connectivity index (χ3v) is 3.43. The second-order valence-electron chi connectivity index (χ2n) is 4.54. The van der Waals surface area contributed by atoms with Gasteiger partial charge in [-0.25, -0.2) is 0 Å². The fraction of sp³-hybridized carbons (Fsp3) is 0.250. The van der Waals surface area contributed by atoms with Gasteiger partial charge in [0.05, 0.1) is 24.8 Å². The average Bonchev–Trinajstić information content (AvgIpc) is 2.49. The first kappa shape index (κ1) is 15.3. The van der Waals surface area contributed by atoms with Gasteiger partial charge in [-0.2, -0.15) is 5.26 Å². The molecule has 1 heterocycles. The largest absolute Gasteiger partial charge is 0.383 e. The summed E-state index contributed by atoms with van der Waals surface area (Å²) >= 11 is 5.90. The van der Waals surface area contributed by atoms with Gasteiger partial charge in [0.1, 0.15) is 0 Å². The number of methoxy groups -OCH3 is 1. The monoisotopic (exact) mass is 302 g/mol. The molecule has 0 aliphatic carbocycles. The molecular weight excluding hydrogens is 288 g/mol. The number of aromatic nitrogens is 1. The van der Waals surface area contributed by atoms with E-state index in [0.717, 1.165) is 11.3 Å². The zero-order valence-electron chi connectivity index (χ0n) is 11.7. The molecule has 108 valence electrons. The van der Waals surface area contributed by atoms with Crippen molar-refractivity contribution in [2.45, 2.75) is 13.0 Å². The average molecular weight is 303 g/mol. The van der Waals surface area contributed by atoms with Crippen LogP contribution in [0.3, 0.4) is 0 Å². The second kappa shape index (κ2) is 7.07. The van der Waals surface area contributed by atoms with Crippen LogP contribution in [0.1, 0.15) is 5.56 Å². The summed E-state index contributed by atoms with van der Waals surface area (Å²) < 4.78 is 6.70. The predicted molar refractivity (Wildman–Crippen MR) is 82.3 cm³/mol. The van der Waals surface area contributed by atoms with Gasteiger partial charge in [0, 0.05) is 24.2 Å². The normalized spacial score (nSPS) is 10.3. The molecule has 0 aliphatic heterocycles. The van der Waals surface area contributed by atoms with Crippen molar-refractivity contribution in [1.82, 2.24) is 4.57 Å². The smallest absolute Gasteiger partial charge is 0.255 e. The van der Waals surface area contributed by atoms with Gasteiger partial charge in [0.15, 0.2) is 0 Å². The Bertz CT molecular complexity index is 715. The topological polar surface area (TPSA) is 55.0 Å². The summed E-state index contributed by atoms with van der Waals surface area (Å²) in [5.41, 5.74) is 2.03. The molecule has 0 bridgehead atoms. The van der Waals surface area contributed by atoms with Gasteiger partial charge in [-0.05, 0) is 23.8 Å². The van der Waals surface area contributed by atoms with E-state index in [2.05, 4.69) is 0 Å². The molecule has 0 N–H and O–H groups in total. The number of hydrogen-bond acceptors (Lipinski definition) is 3. The molecule has 0 atom stereocenters. The van der Waals surface area contributed by atoms with E-state index in [9.17, 15) is 4.79 Å². The van der Waals surface area contributed by atoms with Crippen molar-refractivity contribution in [1.29, 1.82) is 5.26 Å². The van der Waals surface area contributed by atoms with E-state index in [1.54, 1.807) is 29.9 Å². The molecule has 0 saturated carbocycles. The van der Waals surface area contributed by atoms with Crippen LogP contribution in [0.15, 0.2) is 41.2 Å². The van der Waals surface area contributed by atoms with Crippen molar-refractivity contribution < 1.29 is 4.74 Å². The summed E-state index contributed by atoms with van der Waals surface area (Å²) in [5, 5.41) is 9.43. The number of halogens is 1. The zero-order chi connectivity index (χ0) is 15.2. The Balaban J connectivity index is 2.54. The Kier molecular flexibility index (Phi) is 5.15. The van der Waals surface area contributed by atoms with Crippen molar-refractivity contribution in [3.63, 3.8) is 0 Å². The van der Waals surface area contributed by atoms with Crippen LogP contribution in [0.4, 0.5) is 0 Å². The minimum Gasteiger partial charge on any atom is -0.383 e. The lowest BCUT2D eigenvalue weighted by atomic mass is 10.1. The van der Waals surface area contributed by atoms with Crippen molar-refractivity contribution >= 4 is 11.6 Å². The van der Waals surface area contributed by atoms with Gasteiger partial charge in [0.25, 0.3) is 5.56 Å². The van der Waals surface area contributed by atoms with Crippen LogP contribution in [0.25, 0.3) is 11.3 Å². The van der Waals surface area contributed by atoms with E-state index in [4.69, 9.17) is 21.6 Å². The Morgan fingerprint density at radius 3 is 2.57 bits per heavy atom. The van der Waals surface area contributed by atoms with Gasteiger partial charge in [-0.15, -0.1) is 0 Å². The Labute approximate surface area is 128 Å². The summed E-state index contributed by atoms with van der Waals surface area (Å²) in [6.45, 7) is 0.864. The molecule has 5 heteroatoms. The molecule has 2 aromatic rings. The molecule has 0 unspecified atom stereocenters. The molecule has 21 heavy (non-hydrogen) atoms. The third-order valence-electron chi connectivity index (χ3n) is 3.18. The van der Waals surface area contributed by atoms with Gasteiger partial charge in [-0.1, -0.05) is 29.8 Å². The maximum absolute atomic E-state index is 12.5. The highest BCUT2D eigenvalue weighted by atomic mass is 35.5. The summed E-state index contributed by atoms with van der Waals surface area (Å²) in [5.74, 6) is 0. The van der Waals surface area contributed by atoms with E-state index in [0.29, 0.717) is 23.7 Å². The van der Waals surface area contributed by atoms with Gasteiger partial charge < -0.3 is 9.30 Å². The van der Waals surface area contributed by atoms with Gasteiger partial charge in [-0.3, -0.25) is 4.79 Å². The van der Waals surface area contributed by atoms with Crippen LogP contribution in [-0.4, -0.2) is 18.3 Å². The highest BCUT2D eigenvalue weighted by Crippen LogP contribution is 2.21. The first-order chi connectivity index (χ1) is 10.2. The molecule has 0 saturated heterocycles. The van der Waals surface area contributed by atoms with Crippen molar-refractivity contribution in [3.05, 3.63) is 57.3 Å². The van der Waals surface area contributed by atoms with E-state index in [1.165, 1.54) is 0 Å². The number of pyridine rings is 1. The highest BCUT2D eigenvalue weighted by Gasteiger charge is 2.10. The second-order valence-corrected chi connectivity index (χ2v) is 4.97. The van der Waals surface area contributed by atoms with Crippen LogP contribution in [0.5, 0.6) is 0 Å². The standard InChI is InChI=1S/C16H15ClN2O2/c1-21-11-10-19-15(12-2-5-14(17)6-3-12)7-4-13(8-9-18)16(19)20/h2-7H,8,10-11H2,1H3. The molecule has 0 aliphatic rings. The molecule has 2 rings (SSSR count). The SMILES string of the molecule is COCCn1c(-c2ccc(Cl)cc2)ccc(CC#N)c1=O. The lowest BCUT2D eigenvalue weighted by Gasteiger charge is -2.14. The summed E-state index contributed by atoms with van der Waals surface area (Å²) in [6.07, 6.45) is 0.104. The number of hydrogen-bond donors (Lipinski definition) is 0. The van der Waals surface area contributed by atoms with Crippen molar-refractivity contribution in [2.75, 3.05) is 13.7 Å². The minimum absolute atomic E-state index is 0.104. The molecule has 0 fully saturated rings. The zero-order valence-corrected chi connectivity index (χ0v) is 12.4. The molecule has 0 radical (unpaired) electrons. The van der Waals surface area contributed by atoms with E-state index in [1.807, 2.05) is 24.3 Å². The minimum atomic E-state index is -0.152. The molecule has 0 spiro atoms. The Morgan fingerprint density at radius 2 is 1.95 bits per heavy atom. The summed E-state index contributed by atoms with van der Waals surface area (Å²) in [6, 6.07) is 12.9. The Morgan fingerprint density at radius 1 is 1.24 bits per heavy atom. The highest BCUT2D eigenvalue weighted by molar-refractivity contribution is 6.30. The number of nitriles is 1. The first-order valence-electron chi connectivity index (χ1n) is 6.52. The Hall–Kier alpha value is -2.09. The lowest BCUT2D eigenvalue weighted by molar-refractivity contribution is 0.186. The maximum atomic E-state index is 12.5. The van der Waals surface area contributed by atoms with Gasteiger partial charge >= 0.3 is 0 Å². The maximum Gasteiger partial charge on any atom is 0.255 e. The van der Waals surface area contributed by atoms with E-state index < -0.39 is 0 Å². The van der Waals surface area contributed by atoms with E-state index >= 15 is 0 Å². The van der Waals surface area contributed by atoms with Crippen molar-refractivity contribution in [2.24, 2.45) is 0 Å². The third kappa shape index (κ3) is 3.52. The molecule has 1 aromatic heterocycles. The quantitative estimate of drug-likeness (QED) is 0.853. The van der Waals surface area contributed by atoms with Crippen LogP contribution in [0, 0.1) is 11.3 Å². The first-order valence-corrected chi connectivity index (χ1v) is 6.89. The number of ether oxygens (including phenoxy) is 1. The molecular formula is C16H15ClN2O2.